The molecule has 0 aliphatic heterocycles. The molecule has 1 N–H and O–H groups in total. The first-order valence-electron chi connectivity index (χ1n) is 7.75. The summed E-state index contributed by atoms with van der Waals surface area (Å²) >= 11 is 0. The number of hydrogen-bond donors (Lipinski definition) is 1. The van der Waals surface area contributed by atoms with E-state index in [0.29, 0.717) is 6.54 Å². The van der Waals surface area contributed by atoms with Gasteiger partial charge in [-0.2, -0.15) is 0 Å². The van der Waals surface area contributed by atoms with Gasteiger partial charge in [0.25, 0.3) is 0 Å². The molecule has 0 bridgehead atoms. The van der Waals surface area contributed by atoms with Gasteiger partial charge in [-0.05, 0) is 29.5 Å². The first-order chi connectivity index (χ1) is 10.3. The minimum Gasteiger partial charge on any atom is -0.352 e. The number of rotatable bonds is 4. The van der Waals surface area contributed by atoms with E-state index in [9.17, 15) is 4.79 Å². The number of carbonyl (C=O) groups excluding carboxylic acids is 1. The molecule has 1 fully saturated rings. The molecule has 2 nitrogen and oxygen atoms in total. The van der Waals surface area contributed by atoms with E-state index in [1.165, 1.54) is 24.0 Å². The zero-order chi connectivity index (χ0) is 14.5. The molecule has 3 rings (SSSR count). The Hall–Kier alpha value is -2.09. The molecule has 0 atom stereocenters. The Bertz CT molecular complexity index is 583. The lowest BCUT2D eigenvalue weighted by Gasteiger charge is -2.10. The lowest BCUT2D eigenvalue weighted by molar-refractivity contribution is -0.124. The van der Waals surface area contributed by atoms with Crippen LogP contribution in [0.5, 0.6) is 0 Å². The minimum atomic E-state index is 0.222. The highest BCUT2D eigenvalue weighted by molar-refractivity contribution is 5.78. The second-order valence-corrected chi connectivity index (χ2v) is 5.76. The summed E-state index contributed by atoms with van der Waals surface area (Å²) < 4.78 is 0. The predicted octanol–water partition coefficient (Wildman–Crippen LogP) is 4.16. The molecule has 1 saturated carbocycles. The van der Waals surface area contributed by atoms with Crippen molar-refractivity contribution in [2.45, 2.75) is 32.2 Å². The fraction of sp³-hybridized carbons (Fsp3) is 0.316. The van der Waals surface area contributed by atoms with Crippen LogP contribution in [0.1, 0.15) is 31.2 Å². The van der Waals surface area contributed by atoms with Gasteiger partial charge in [-0.3, -0.25) is 4.79 Å². The zero-order valence-electron chi connectivity index (χ0n) is 12.2. The summed E-state index contributed by atoms with van der Waals surface area (Å²) in [6, 6.07) is 18.8. The number of amides is 1. The van der Waals surface area contributed by atoms with Crippen molar-refractivity contribution in [3.05, 3.63) is 60.2 Å². The second-order valence-electron chi connectivity index (χ2n) is 5.76. The lowest BCUT2D eigenvalue weighted by atomic mass is 10.0. The van der Waals surface area contributed by atoms with Gasteiger partial charge in [0, 0.05) is 12.5 Å². The fourth-order valence-electron chi connectivity index (χ4n) is 2.97. The van der Waals surface area contributed by atoms with Gasteiger partial charge < -0.3 is 5.32 Å². The average molecular weight is 279 g/mol. The van der Waals surface area contributed by atoms with Gasteiger partial charge >= 0.3 is 0 Å². The van der Waals surface area contributed by atoms with Crippen LogP contribution in [0, 0.1) is 5.92 Å². The second kappa shape index (κ2) is 6.57. The Morgan fingerprint density at radius 2 is 1.52 bits per heavy atom. The number of carbonyl (C=O) groups is 1. The Kier molecular flexibility index (Phi) is 4.34. The minimum absolute atomic E-state index is 0.222. The third kappa shape index (κ3) is 3.52. The molecule has 0 radical (unpaired) electrons. The maximum Gasteiger partial charge on any atom is 0.223 e. The standard InChI is InChI=1S/C19H21NO/c21-19(18-8-4-5-9-18)20-14-15-10-12-17(13-11-15)16-6-2-1-3-7-16/h1-3,6-7,10-13,18H,4-5,8-9,14H2,(H,20,21). The fourth-order valence-corrected chi connectivity index (χ4v) is 2.97. The van der Waals surface area contributed by atoms with Crippen LogP contribution < -0.4 is 5.32 Å². The highest BCUT2D eigenvalue weighted by Crippen LogP contribution is 2.25. The number of benzene rings is 2. The molecule has 0 saturated heterocycles. The van der Waals surface area contributed by atoms with Crippen LogP contribution in [0.25, 0.3) is 11.1 Å². The molecule has 108 valence electrons. The maximum atomic E-state index is 12.0. The number of nitrogens with one attached hydrogen (secondary N) is 1. The van der Waals surface area contributed by atoms with Crippen LogP contribution in [-0.4, -0.2) is 5.91 Å². The van der Waals surface area contributed by atoms with Gasteiger partial charge in [0.1, 0.15) is 0 Å². The Labute approximate surface area is 126 Å². The quantitative estimate of drug-likeness (QED) is 0.894. The van der Waals surface area contributed by atoms with E-state index in [0.717, 1.165) is 18.4 Å². The molecule has 2 heteroatoms. The smallest absolute Gasteiger partial charge is 0.223 e. The van der Waals surface area contributed by atoms with Crippen LogP contribution in [0.15, 0.2) is 54.6 Å². The first kappa shape index (κ1) is 13.9. The molecule has 21 heavy (non-hydrogen) atoms. The van der Waals surface area contributed by atoms with E-state index >= 15 is 0 Å². The average Bonchev–Trinajstić information content (AvgIpc) is 3.08. The Morgan fingerprint density at radius 3 is 2.19 bits per heavy atom. The Morgan fingerprint density at radius 1 is 0.905 bits per heavy atom. The van der Waals surface area contributed by atoms with E-state index in [1.54, 1.807) is 0 Å². The van der Waals surface area contributed by atoms with Gasteiger partial charge in [0.2, 0.25) is 5.91 Å². The highest BCUT2D eigenvalue weighted by atomic mass is 16.1. The molecule has 1 aliphatic rings. The zero-order valence-corrected chi connectivity index (χ0v) is 12.2. The summed E-state index contributed by atoms with van der Waals surface area (Å²) in [4.78, 5) is 12.0. The molecular formula is C19H21NO. The predicted molar refractivity (Wildman–Crippen MR) is 85.7 cm³/mol. The van der Waals surface area contributed by atoms with Gasteiger partial charge in [0.05, 0.1) is 0 Å². The maximum absolute atomic E-state index is 12.0. The molecule has 1 amide bonds. The molecule has 1 aliphatic carbocycles. The molecule has 0 aromatic heterocycles. The molecular weight excluding hydrogens is 258 g/mol. The van der Waals surface area contributed by atoms with Gasteiger partial charge in [-0.25, -0.2) is 0 Å². The largest absolute Gasteiger partial charge is 0.352 e. The van der Waals surface area contributed by atoms with Crippen LogP contribution in [0.3, 0.4) is 0 Å². The summed E-state index contributed by atoms with van der Waals surface area (Å²) in [5, 5.41) is 3.06. The summed E-state index contributed by atoms with van der Waals surface area (Å²) in [5.41, 5.74) is 3.58. The van der Waals surface area contributed by atoms with Crippen LogP contribution >= 0.6 is 0 Å². The summed E-state index contributed by atoms with van der Waals surface area (Å²) in [6.07, 6.45) is 4.51. The van der Waals surface area contributed by atoms with E-state index in [1.807, 2.05) is 18.2 Å². The van der Waals surface area contributed by atoms with Crippen molar-refractivity contribution >= 4 is 5.91 Å². The molecule has 2 aromatic rings. The van der Waals surface area contributed by atoms with E-state index in [4.69, 9.17) is 0 Å². The third-order valence-electron chi connectivity index (χ3n) is 4.25. The molecule has 0 unspecified atom stereocenters. The first-order valence-corrected chi connectivity index (χ1v) is 7.75. The van der Waals surface area contributed by atoms with Crippen molar-refractivity contribution in [2.24, 2.45) is 5.92 Å². The SMILES string of the molecule is O=C(NCc1ccc(-c2ccccc2)cc1)C1CCCC1. The van der Waals surface area contributed by atoms with Gasteiger partial charge in [-0.15, -0.1) is 0 Å². The van der Waals surface area contributed by atoms with E-state index < -0.39 is 0 Å². The molecule has 0 heterocycles. The topological polar surface area (TPSA) is 29.1 Å². The van der Waals surface area contributed by atoms with Crippen LogP contribution in [0.4, 0.5) is 0 Å². The van der Waals surface area contributed by atoms with Crippen LogP contribution in [-0.2, 0) is 11.3 Å². The molecule has 0 spiro atoms. The molecule has 2 aromatic carbocycles. The summed E-state index contributed by atoms with van der Waals surface area (Å²) in [7, 11) is 0. The lowest BCUT2D eigenvalue weighted by Crippen LogP contribution is -2.28. The van der Waals surface area contributed by atoms with Crippen molar-refractivity contribution in [1.82, 2.24) is 5.32 Å². The summed E-state index contributed by atoms with van der Waals surface area (Å²) in [6.45, 7) is 0.629. The van der Waals surface area contributed by atoms with E-state index in [2.05, 4.69) is 41.7 Å². The number of hydrogen-bond acceptors (Lipinski definition) is 1. The van der Waals surface area contributed by atoms with Gasteiger partial charge in [0.15, 0.2) is 0 Å². The van der Waals surface area contributed by atoms with Crippen molar-refractivity contribution in [1.29, 1.82) is 0 Å². The van der Waals surface area contributed by atoms with E-state index in [-0.39, 0.29) is 11.8 Å². The van der Waals surface area contributed by atoms with Crippen molar-refractivity contribution < 1.29 is 4.79 Å². The Balaban J connectivity index is 1.58. The van der Waals surface area contributed by atoms with Crippen molar-refractivity contribution in [3.63, 3.8) is 0 Å². The highest BCUT2D eigenvalue weighted by Gasteiger charge is 2.21. The third-order valence-corrected chi connectivity index (χ3v) is 4.25. The van der Waals surface area contributed by atoms with Crippen LogP contribution in [0.2, 0.25) is 0 Å². The summed E-state index contributed by atoms with van der Waals surface area (Å²) in [5.74, 6) is 0.466. The van der Waals surface area contributed by atoms with Crippen molar-refractivity contribution in [2.75, 3.05) is 0 Å². The van der Waals surface area contributed by atoms with Crippen molar-refractivity contribution in [3.8, 4) is 11.1 Å². The monoisotopic (exact) mass is 279 g/mol. The normalized spacial score (nSPS) is 15.0. The van der Waals surface area contributed by atoms with Gasteiger partial charge in [-0.1, -0.05) is 67.4 Å².